The Bertz CT molecular complexity index is 483. The van der Waals surface area contributed by atoms with Crippen LogP contribution in [0, 0.1) is 23.2 Å². The van der Waals surface area contributed by atoms with E-state index in [4.69, 9.17) is 0 Å². The molecule has 0 aliphatic carbocycles. The Morgan fingerprint density at radius 2 is 1.67 bits per heavy atom. The third-order valence-electron chi connectivity index (χ3n) is 2.44. The minimum absolute atomic E-state index is 0.166. The Hall–Kier alpha value is -0.840. The summed E-state index contributed by atoms with van der Waals surface area (Å²) in [7, 11) is 0. The van der Waals surface area contributed by atoms with Crippen molar-refractivity contribution in [2.45, 2.75) is 13.8 Å². The highest BCUT2D eigenvalue weighted by Gasteiger charge is 2.09. The Morgan fingerprint density at radius 3 is 2.27 bits per heavy atom. The molecule has 0 aliphatic heterocycles. The SMILES string of the molecule is Cc1ccc(C)n1-c1cccc(F)c1I. The first kappa shape index (κ1) is 10.7. The van der Waals surface area contributed by atoms with Crippen molar-refractivity contribution < 1.29 is 4.39 Å². The second-order valence-corrected chi connectivity index (χ2v) is 4.60. The molecule has 0 fully saturated rings. The lowest BCUT2D eigenvalue weighted by Crippen LogP contribution is -2.02. The van der Waals surface area contributed by atoms with Crippen molar-refractivity contribution in [2.75, 3.05) is 0 Å². The summed E-state index contributed by atoms with van der Waals surface area (Å²) < 4.78 is 16.1. The van der Waals surface area contributed by atoms with Crippen molar-refractivity contribution >= 4 is 22.6 Å². The maximum Gasteiger partial charge on any atom is 0.138 e. The van der Waals surface area contributed by atoms with E-state index in [-0.39, 0.29) is 5.82 Å². The van der Waals surface area contributed by atoms with Gasteiger partial charge < -0.3 is 4.57 Å². The number of nitrogens with zero attached hydrogens (tertiary/aromatic N) is 1. The molecular formula is C12H11FIN. The van der Waals surface area contributed by atoms with Gasteiger partial charge in [0, 0.05) is 11.4 Å². The third kappa shape index (κ3) is 1.80. The quantitative estimate of drug-likeness (QED) is 0.705. The summed E-state index contributed by atoms with van der Waals surface area (Å²) in [4.78, 5) is 0. The fourth-order valence-corrected chi connectivity index (χ4v) is 2.31. The summed E-state index contributed by atoms with van der Waals surface area (Å²) in [5, 5.41) is 0. The molecule has 0 radical (unpaired) electrons. The van der Waals surface area contributed by atoms with Gasteiger partial charge in [-0.15, -0.1) is 0 Å². The monoisotopic (exact) mass is 315 g/mol. The third-order valence-corrected chi connectivity index (χ3v) is 3.51. The van der Waals surface area contributed by atoms with Crippen LogP contribution < -0.4 is 0 Å². The predicted molar refractivity (Wildman–Crippen MR) is 67.9 cm³/mol. The van der Waals surface area contributed by atoms with Gasteiger partial charge in [-0.25, -0.2) is 4.39 Å². The van der Waals surface area contributed by atoms with Crippen LogP contribution in [0.25, 0.3) is 5.69 Å². The molecule has 0 spiro atoms. The molecule has 0 bridgehead atoms. The summed E-state index contributed by atoms with van der Waals surface area (Å²) in [5.74, 6) is -0.166. The van der Waals surface area contributed by atoms with Crippen molar-refractivity contribution in [3.05, 3.63) is 51.1 Å². The van der Waals surface area contributed by atoms with Crippen LogP contribution in [0.5, 0.6) is 0 Å². The van der Waals surface area contributed by atoms with E-state index in [2.05, 4.69) is 4.57 Å². The van der Waals surface area contributed by atoms with E-state index < -0.39 is 0 Å². The van der Waals surface area contributed by atoms with Crippen LogP contribution >= 0.6 is 22.6 Å². The number of hydrogen-bond acceptors (Lipinski definition) is 0. The number of benzene rings is 1. The molecule has 1 aromatic heterocycles. The summed E-state index contributed by atoms with van der Waals surface area (Å²) >= 11 is 2.04. The van der Waals surface area contributed by atoms with Gasteiger partial charge in [0.15, 0.2) is 0 Å². The van der Waals surface area contributed by atoms with E-state index in [1.54, 1.807) is 6.07 Å². The Morgan fingerprint density at radius 1 is 1.07 bits per heavy atom. The van der Waals surface area contributed by atoms with E-state index in [0.29, 0.717) is 3.57 Å². The number of rotatable bonds is 1. The van der Waals surface area contributed by atoms with E-state index in [9.17, 15) is 4.39 Å². The molecule has 1 aromatic carbocycles. The highest BCUT2D eigenvalue weighted by atomic mass is 127. The van der Waals surface area contributed by atoms with E-state index in [1.807, 2.05) is 54.6 Å². The Kier molecular flexibility index (Phi) is 2.82. The van der Waals surface area contributed by atoms with Crippen LogP contribution in [0.2, 0.25) is 0 Å². The van der Waals surface area contributed by atoms with Crippen LogP contribution in [0.3, 0.4) is 0 Å². The first-order chi connectivity index (χ1) is 7.11. The second-order valence-electron chi connectivity index (χ2n) is 3.52. The minimum Gasteiger partial charge on any atom is -0.317 e. The maximum atomic E-state index is 13.4. The summed E-state index contributed by atoms with van der Waals surface area (Å²) in [6.45, 7) is 4.04. The lowest BCUT2D eigenvalue weighted by molar-refractivity contribution is 0.618. The normalized spacial score (nSPS) is 10.7. The molecule has 0 saturated carbocycles. The fraction of sp³-hybridized carbons (Fsp3) is 0.167. The fourth-order valence-electron chi connectivity index (χ4n) is 1.71. The van der Waals surface area contributed by atoms with Crippen LogP contribution in [0.15, 0.2) is 30.3 Å². The summed E-state index contributed by atoms with van der Waals surface area (Å²) in [6, 6.07) is 9.24. The highest BCUT2D eigenvalue weighted by molar-refractivity contribution is 14.1. The molecule has 15 heavy (non-hydrogen) atoms. The Labute approximate surface area is 102 Å². The molecule has 2 aromatic rings. The molecule has 0 unspecified atom stereocenters. The number of aromatic nitrogens is 1. The number of aryl methyl sites for hydroxylation is 2. The van der Waals surface area contributed by atoms with Crippen molar-refractivity contribution in [3.63, 3.8) is 0 Å². The van der Waals surface area contributed by atoms with Crippen LogP contribution in [-0.2, 0) is 0 Å². The van der Waals surface area contributed by atoms with Gasteiger partial charge in [-0.3, -0.25) is 0 Å². The predicted octanol–water partition coefficient (Wildman–Crippen LogP) is 3.84. The minimum atomic E-state index is -0.166. The molecule has 0 amide bonds. The van der Waals surface area contributed by atoms with Gasteiger partial charge in [0.2, 0.25) is 0 Å². The molecule has 0 saturated heterocycles. The maximum absolute atomic E-state index is 13.4. The summed E-state index contributed by atoms with van der Waals surface area (Å²) in [6.07, 6.45) is 0. The lowest BCUT2D eigenvalue weighted by atomic mass is 10.3. The smallest absolute Gasteiger partial charge is 0.138 e. The molecular weight excluding hydrogens is 304 g/mol. The lowest BCUT2D eigenvalue weighted by Gasteiger charge is -2.11. The molecule has 2 rings (SSSR count). The standard InChI is InChI=1S/C12H11FIN/c1-8-6-7-9(2)15(8)11-5-3-4-10(13)12(11)14/h3-7H,1-2H3. The Balaban J connectivity index is 2.69. The van der Waals surface area contributed by atoms with E-state index >= 15 is 0 Å². The topological polar surface area (TPSA) is 4.93 Å². The van der Waals surface area contributed by atoms with Crippen LogP contribution in [0.1, 0.15) is 11.4 Å². The molecule has 1 nitrogen and oxygen atoms in total. The van der Waals surface area contributed by atoms with Gasteiger partial charge in [0.1, 0.15) is 5.82 Å². The van der Waals surface area contributed by atoms with Gasteiger partial charge in [-0.2, -0.15) is 0 Å². The highest BCUT2D eigenvalue weighted by Crippen LogP contribution is 2.23. The molecule has 1 heterocycles. The van der Waals surface area contributed by atoms with Gasteiger partial charge in [-0.05, 0) is 60.7 Å². The largest absolute Gasteiger partial charge is 0.317 e. The summed E-state index contributed by atoms with van der Waals surface area (Å²) in [5.41, 5.74) is 3.16. The van der Waals surface area contributed by atoms with Gasteiger partial charge in [0.25, 0.3) is 0 Å². The first-order valence-electron chi connectivity index (χ1n) is 4.70. The molecule has 0 N–H and O–H groups in total. The average molecular weight is 315 g/mol. The molecule has 0 aliphatic rings. The van der Waals surface area contributed by atoms with Gasteiger partial charge in [0.05, 0.1) is 9.26 Å². The first-order valence-corrected chi connectivity index (χ1v) is 5.78. The van der Waals surface area contributed by atoms with Gasteiger partial charge >= 0.3 is 0 Å². The molecule has 0 atom stereocenters. The van der Waals surface area contributed by atoms with Crippen LogP contribution in [-0.4, -0.2) is 4.57 Å². The molecule has 3 heteroatoms. The van der Waals surface area contributed by atoms with Crippen LogP contribution in [0.4, 0.5) is 4.39 Å². The van der Waals surface area contributed by atoms with Crippen molar-refractivity contribution in [1.29, 1.82) is 0 Å². The number of hydrogen-bond donors (Lipinski definition) is 0. The molecule has 78 valence electrons. The van der Waals surface area contributed by atoms with Crippen molar-refractivity contribution in [2.24, 2.45) is 0 Å². The van der Waals surface area contributed by atoms with E-state index in [1.165, 1.54) is 6.07 Å². The zero-order valence-electron chi connectivity index (χ0n) is 8.59. The van der Waals surface area contributed by atoms with E-state index in [0.717, 1.165) is 17.1 Å². The zero-order chi connectivity index (χ0) is 11.0. The second kappa shape index (κ2) is 3.96. The average Bonchev–Trinajstić information content (AvgIpc) is 2.52. The zero-order valence-corrected chi connectivity index (χ0v) is 10.7. The number of halogens is 2. The van der Waals surface area contributed by atoms with Gasteiger partial charge in [-0.1, -0.05) is 6.07 Å². The van der Waals surface area contributed by atoms with Crippen molar-refractivity contribution in [1.82, 2.24) is 4.57 Å². The van der Waals surface area contributed by atoms with Crippen molar-refractivity contribution in [3.8, 4) is 5.69 Å².